The minimum Gasteiger partial charge on any atom is -0.394 e. The summed E-state index contributed by atoms with van der Waals surface area (Å²) in [7, 11) is 0. The first kappa shape index (κ1) is 68.1. The summed E-state index contributed by atoms with van der Waals surface area (Å²) in [4.78, 5) is 24.9. The molecule has 37 heteroatoms. The van der Waals surface area contributed by atoms with Crippen molar-refractivity contribution in [1.82, 2.24) is 10.6 Å². The maximum absolute atomic E-state index is 13.1. The van der Waals surface area contributed by atoms with Crippen LogP contribution in [-0.2, 0) is 71.2 Å². The van der Waals surface area contributed by atoms with Gasteiger partial charge in [0.15, 0.2) is 44.0 Å². The normalized spacial score (nSPS) is 50.8. The Hall–Kier alpha value is -2.38. The molecule has 7 fully saturated rings. The summed E-state index contributed by atoms with van der Waals surface area (Å²) >= 11 is 0. The molecule has 7 aliphatic rings. The van der Waals surface area contributed by atoms with Gasteiger partial charge in [0, 0.05) is 13.8 Å². The van der Waals surface area contributed by atoms with Gasteiger partial charge in [0.2, 0.25) is 11.8 Å². The molecule has 0 spiro atoms. The fourth-order valence-electron chi connectivity index (χ4n) is 10.7. The van der Waals surface area contributed by atoms with Crippen LogP contribution in [0.3, 0.4) is 0 Å². The van der Waals surface area contributed by atoms with Crippen LogP contribution in [0.15, 0.2) is 0 Å². The molecular weight excluding hydrogens is 1140 g/mol. The topological polar surface area (TPSA) is 583 Å². The van der Waals surface area contributed by atoms with Gasteiger partial charge in [-0.25, -0.2) is 0 Å². The standard InChI is InChI=1S/C46H78N2O35/c1-10-21(57)27(63)30(66)42(71-10)83-39-38(82-43-31(67)28(64)22(58)13(4-49)74-43)25(61)16(7-52)76-46(39)80-36-20(48-12(3)56)41(73-14(5-50)23(36)59)81-37-24(60)15(6-51)75-45(33(37)69)79-35-18(9-54)77-44(32(68)29(35)65)78-34-17(8-53)72-40(70)19(26(34)62)47-11(2)55/h10,13-46,49-54,57-70H,4-9H2,1-3H3,(H,47,55)(H,48,56)/t10-,13+,14+,15+,16+,17+,18+,19+,20+,21+,22-,23-,24-,25-,26+,27+,28-,29+,30-,31+,32+,33+,34+,35-,36+,37-,38-,39+,40?,41-,42-,43+,44-,45+,46-/m0/s1. The third-order valence-electron chi connectivity index (χ3n) is 15.3. The number of hydrogen-bond acceptors (Lipinski definition) is 35. The van der Waals surface area contributed by atoms with Crippen LogP contribution in [0.2, 0.25) is 0 Å². The maximum atomic E-state index is 13.1. The molecule has 0 radical (unpaired) electrons. The van der Waals surface area contributed by atoms with Gasteiger partial charge in [-0.3, -0.25) is 9.59 Å². The zero-order valence-electron chi connectivity index (χ0n) is 44.5. The van der Waals surface area contributed by atoms with Crippen molar-refractivity contribution in [2.75, 3.05) is 39.6 Å². The summed E-state index contributed by atoms with van der Waals surface area (Å²) in [6.45, 7) is -2.90. The van der Waals surface area contributed by atoms with E-state index in [0.717, 1.165) is 13.8 Å². The van der Waals surface area contributed by atoms with Crippen molar-refractivity contribution in [2.24, 2.45) is 0 Å². The van der Waals surface area contributed by atoms with Crippen molar-refractivity contribution in [2.45, 2.75) is 236 Å². The highest BCUT2D eigenvalue weighted by Gasteiger charge is 2.60. The SMILES string of the molecule is CC(=O)N[C@H]1[C@H](O[C@H]2[C@@H](O)[C@@H](CO)O[C@H](O[C@@H]3[C@H](O)[C@@H](O)[C@H](O[C@H]4[C@H](O)[C@@H](NC(C)=O)C(O)O[C@@H]4CO)O[C@@H]3CO)[C@@H]2O)O[C@H](CO)[C@H](O)[C@@H]1O[C@@H]1O[C@H](CO)[C@H](O)[C@H](O[C@H]2O[C@H](CO)[C@H](O)[C@H](O)[C@H]2O)[C@H]1O[C@@H]1O[C@@H](C)[C@@H](O)[C@@H](O)[C@@H]1O. The van der Waals surface area contributed by atoms with Crippen LogP contribution in [0, 0.1) is 0 Å². The highest BCUT2D eigenvalue weighted by atomic mass is 16.8. The smallest absolute Gasteiger partial charge is 0.217 e. The van der Waals surface area contributed by atoms with Crippen molar-refractivity contribution in [3.8, 4) is 0 Å². The van der Waals surface area contributed by atoms with Gasteiger partial charge >= 0.3 is 0 Å². The minimum absolute atomic E-state index is 0.719. The Labute approximate surface area is 470 Å². The molecule has 0 bridgehead atoms. The Morgan fingerprint density at radius 2 is 0.663 bits per heavy atom. The Bertz CT molecular complexity index is 2040. The molecule has 0 aromatic carbocycles. The monoisotopic (exact) mass is 1220 g/mol. The second-order valence-corrected chi connectivity index (χ2v) is 21.0. The average Bonchev–Trinajstić information content (AvgIpc) is 3.37. The van der Waals surface area contributed by atoms with Crippen LogP contribution in [-0.4, -0.2) is 368 Å². The van der Waals surface area contributed by atoms with E-state index in [9.17, 15) is 112 Å². The number of carbonyl (C=O) groups excluding carboxylic acids is 2. The van der Waals surface area contributed by atoms with Gasteiger partial charge < -0.3 is 174 Å². The van der Waals surface area contributed by atoms with E-state index in [1.54, 1.807) is 0 Å². The number of ether oxygens (including phenoxy) is 13. The summed E-state index contributed by atoms with van der Waals surface area (Å²) in [5.74, 6) is -1.66. The van der Waals surface area contributed by atoms with Crippen molar-refractivity contribution in [3.63, 3.8) is 0 Å². The highest BCUT2D eigenvalue weighted by molar-refractivity contribution is 5.73. The van der Waals surface area contributed by atoms with E-state index in [2.05, 4.69) is 10.6 Å². The Morgan fingerprint density at radius 3 is 1.19 bits per heavy atom. The maximum Gasteiger partial charge on any atom is 0.217 e. The minimum atomic E-state index is -2.30. The van der Waals surface area contributed by atoms with Crippen LogP contribution in [0.1, 0.15) is 20.8 Å². The van der Waals surface area contributed by atoms with Gasteiger partial charge in [0.25, 0.3) is 0 Å². The lowest BCUT2D eigenvalue weighted by molar-refractivity contribution is -0.404. The van der Waals surface area contributed by atoms with Crippen molar-refractivity contribution >= 4 is 11.8 Å². The molecule has 2 amide bonds. The van der Waals surface area contributed by atoms with E-state index < -0.39 is 266 Å². The molecule has 0 aromatic heterocycles. The largest absolute Gasteiger partial charge is 0.394 e. The van der Waals surface area contributed by atoms with Crippen molar-refractivity contribution < 1.29 is 173 Å². The van der Waals surface area contributed by atoms with Crippen LogP contribution >= 0.6 is 0 Å². The summed E-state index contributed by atoms with van der Waals surface area (Å²) in [6.07, 6.45) is -64.8. The van der Waals surface area contributed by atoms with Crippen molar-refractivity contribution in [3.05, 3.63) is 0 Å². The van der Waals surface area contributed by atoms with Gasteiger partial charge in [-0.15, -0.1) is 0 Å². The molecule has 22 N–H and O–H groups in total. The summed E-state index contributed by atoms with van der Waals surface area (Å²) in [5, 5.41) is 222. The summed E-state index contributed by atoms with van der Waals surface area (Å²) in [6, 6.07) is -3.46. The molecule has 1 unspecified atom stereocenters. The first-order chi connectivity index (χ1) is 39.2. The number of aliphatic hydroxyl groups excluding tert-OH is 20. The second kappa shape index (κ2) is 29.3. The molecule has 37 nitrogen and oxygen atoms in total. The first-order valence-electron chi connectivity index (χ1n) is 26.5. The number of nitrogens with one attached hydrogen (secondary N) is 2. The Balaban J connectivity index is 1.16. The second-order valence-electron chi connectivity index (χ2n) is 21.0. The lowest BCUT2D eigenvalue weighted by atomic mass is 9.93. The lowest BCUT2D eigenvalue weighted by Gasteiger charge is -2.51. The number of hydrogen-bond donors (Lipinski definition) is 22. The third kappa shape index (κ3) is 14.5. The molecule has 0 aliphatic carbocycles. The molecule has 0 saturated carbocycles. The van der Waals surface area contributed by atoms with Gasteiger partial charge in [-0.2, -0.15) is 0 Å². The predicted octanol–water partition coefficient (Wildman–Crippen LogP) is -15.0. The summed E-state index contributed by atoms with van der Waals surface area (Å²) in [5.41, 5.74) is 0. The van der Waals surface area contributed by atoms with Crippen molar-refractivity contribution in [1.29, 1.82) is 0 Å². The zero-order chi connectivity index (χ0) is 61.2. The van der Waals surface area contributed by atoms with Gasteiger partial charge in [0.05, 0.1) is 45.7 Å². The molecule has 83 heavy (non-hydrogen) atoms. The van der Waals surface area contributed by atoms with E-state index in [-0.39, 0.29) is 0 Å². The Morgan fingerprint density at radius 1 is 0.313 bits per heavy atom. The van der Waals surface area contributed by atoms with Gasteiger partial charge in [-0.05, 0) is 6.92 Å². The molecule has 7 saturated heterocycles. The lowest BCUT2D eigenvalue weighted by Crippen LogP contribution is -2.71. The third-order valence-corrected chi connectivity index (χ3v) is 15.3. The first-order valence-corrected chi connectivity index (χ1v) is 26.5. The fraction of sp³-hybridized carbons (Fsp3) is 0.957. The molecule has 7 aliphatic heterocycles. The molecule has 35 atom stereocenters. The summed E-state index contributed by atoms with van der Waals surface area (Å²) < 4.78 is 75.5. The van der Waals surface area contributed by atoms with Crippen LogP contribution < -0.4 is 10.6 Å². The molecular formula is C46H78N2O35. The average molecular weight is 1220 g/mol. The molecule has 0 aromatic rings. The van der Waals surface area contributed by atoms with E-state index in [1.807, 2.05) is 0 Å². The number of amides is 2. The van der Waals surface area contributed by atoms with E-state index >= 15 is 0 Å². The van der Waals surface area contributed by atoms with Crippen LogP contribution in [0.25, 0.3) is 0 Å². The molecule has 482 valence electrons. The van der Waals surface area contributed by atoms with E-state index in [1.165, 1.54) is 6.92 Å². The predicted molar refractivity (Wildman–Crippen MR) is 254 cm³/mol. The fourth-order valence-corrected chi connectivity index (χ4v) is 10.7. The highest BCUT2D eigenvalue weighted by Crippen LogP contribution is 2.39. The van der Waals surface area contributed by atoms with Crippen LogP contribution in [0.5, 0.6) is 0 Å². The number of carbonyl (C=O) groups is 2. The van der Waals surface area contributed by atoms with E-state index in [0.29, 0.717) is 0 Å². The number of aliphatic hydroxyl groups is 20. The molecule has 7 rings (SSSR count). The quantitative estimate of drug-likeness (QED) is 0.0538. The van der Waals surface area contributed by atoms with Crippen LogP contribution in [0.4, 0.5) is 0 Å². The molecule has 7 heterocycles. The number of rotatable bonds is 20. The van der Waals surface area contributed by atoms with Gasteiger partial charge in [0.1, 0.15) is 165 Å². The zero-order valence-corrected chi connectivity index (χ0v) is 44.5. The van der Waals surface area contributed by atoms with Gasteiger partial charge in [-0.1, -0.05) is 0 Å². The Kier molecular flexibility index (Phi) is 24.0. The van der Waals surface area contributed by atoms with E-state index in [4.69, 9.17) is 61.6 Å².